The van der Waals surface area contributed by atoms with Crippen LogP contribution in [0.25, 0.3) is 11.1 Å². The molecule has 2 heterocycles. The van der Waals surface area contributed by atoms with E-state index in [0.29, 0.717) is 6.54 Å². The number of ether oxygens (including phenoxy) is 2. The molecule has 23 heavy (non-hydrogen) atoms. The maximum Gasteiger partial charge on any atom is 0.231 e. The first kappa shape index (κ1) is 13.6. The van der Waals surface area contributed by atoms with Crippen molar-refractivity contribution in [2.45, 2.75) is 6.54 Å². The van der Waals surface area contributed by atoms with Crippen molar-refractivity contribution >= 4 is 5.82 Å². The van der Waals surface area contributed by atoms with Crippen molar-refractivity contribution in [2.24, 2.45) is 0 Å². The molecule has 4 heteroatoms. The van der Waals surface area contributed by atoms with E-state index < -0.39 is 0 Å². The number of hydrogen-bond donors (Lipinski definition) is 1. The summed E-state index contributed by atoms with van der Waals surface area (Å²) < 4.78 is 10.9. The van der Waals surface area contributed by atoms with E-state index in [4.69, 9.17) is 9.47 Å². The molecule has 1 aromatic heterocycles. The lowest BCUT2D eigenvalue weighted by molar-refractivity contribution is 0.173. The fraction of sp³-hybridized carbons (Fsp3) is 0.105. The summed E-state index contributed by atoms with van der Waals surface area (Å²) in [6, 6.07) is 20.2. The summed E-state index contributed by atoms with van der Waals surface area (Å²) in [4.78, 5) is 4.48. The van der Waals surface area contributed by atoms with E-state index in [2.05, 4.69) is 28.5 Å². The number of anilines is 1. The Balaban J connectivity index is 1.47. The van der Waals surface area contributed by atoms with Crippen LogP contribution in [-0.2, 0) is 6.54 Å². The molecule has 114 valence electrons. The molecule has 4 rings (SSSR count). The third-order valence-corrected chi connectivity index (χ3v) is 3.81. The van der Waals surface area contributed by atoms with Crippen LogP contribution in [0.5, 0.6) is 11.5 Å². The average molecular weight is 304 g/mol. The van der Waals surface area contributed by atoms with Gasteiger partial charge in [0.1, 0.15) is 5.82 Å². The van der Waals surface area contributed by atoms with Crippen LogP contribution in [0.1, 0.15) is 5.56 Å². The Morgan fingerprint density at radius 2 is 1.78 bits per heavy atom. The van der Waals surface area contributed by atoms with Gasteiger partial charge >= 0.3 is 0 Å². The van der Waals surface area contributed by atoms with Gasteiger partial charge in [0.25, 0.3) is 0 Å². The van der Waals surface area contributed by atoms with Gasteiger partial charge in [0.05, 0.1) is 0 Å². The maximum atomic E-state index is 5.51. The van der Waals surface area contributed by atoms with Gasteiger partial charge in [0, 0.05) is 23.9 Å². The van der Waals surface area contributed by atoms with Gasteiger partial charge in [-0.05, 0) is 23.8 Å². The summed E-state index contributed by atoms with van der Waals surface area (Å²) in [5.41, 5.74) is 3.33. The van der Waals surface area contributed by atoms with Gasteiger partial charge in [0.2, 0.25) is 6.79 Å². The number of fused-ring (bicyclic) bond motifs is 1. The molecule has 1 aliphatic heterocycles. The number of pyridine rings is 1. The number of aromatic nitrogens is 1. The largest absolute Gasteiger partial charge is 0.454 e. The van der Waals surface area contributed by atoms with Crippen LogP contribution >= 0.6 is 0 Å². The number of nitrogens with one attached hydrogen (secondary N) is 1. The topological polar surface area (TPSA) is 43.4 Å². The van der Waals surface area contributed by atoms with Crippen LogP contribution in [0, 0.1) is 0 Å². The van der Waals surface area contributed by atoms with Crippen LogP contribution in [-0.4, -0.2) is 11.8 Å². The SMILES string of the molecule is c1ccc(-c2ccc(NCc3cccc4c3OCO4)nc2)cc1. The number of benzene rings is 2. The fourth-order valence-corrected chi connectivity index (χ4v) is 2.62. The Morgan fingerprint density at radius 3 is 2.61 bits per heavy atom. The summed E-state index contributed by atoms with van der Waals surface area (Å²) >= 11 is 0. The lowest BCUT2D eigenvalue weighted by Crippen LogP contribution is -2.02. The van der Waals surface area contributed by atoms with Gasteiger partial charge < -0.3 is 14.8 Å². The molecular weight excluding hydrogens is 288 g/mol. The highest BCUT2D eigenvalue weighted by Gasteiger charge is 2.16. The van der Waals surface area contributed by atoms with Crippen molar-refractivity contribution in [3.05, 3.63) is 72.4 Å². The maximum absolute atomic E-state index is 5.51. The van der Waals surface area contributed by atoms with E-state index in [-0.39, 0.29) is 6.79 Å². The summed E-state index contributed by atoms with van der Waals surface area (Å²) in [5.74, 6) is 2.46. The number of rotatable bonds is 4. The molecule has 0 radical (unpaired) electrons. The first-order chi connectivity index (χ1) is 11.4. The highest BCUT2D eigenvalue weighted by Crippen LogP contribution is 2.35. The highest BCUT2D eigenvalue weighted by atomic mass is 16.7. The van der Waals surface area contributed by atoms with Gasteiger partial charge in [0.15, 0.2) is 11.5 Å². The minimum atomic E-state index is 0.288. The second-order valence-electron chi connectivity index (χ2n) is 5.30. The summed E-state index contributed by atoms with van der Waals surface area (Å²) in [7, 11) is 0. The van der Waals surface area contributed by atoms with Crippen LogP contribution in [0.3, 0.4) is 0 Å². The van der Waals surface area contributed by atoms with Crippen molar-refractivity contribution in [3.63, 3.8) is 0 Å². The van der Waals surface area contributed by atoms with E-state index in [1.807, 2.05) is 48.7 Å². The summed E-state index contributed by atoms with van der Waals surface area (Å²) in [6.07, 6.45) is 1.88. The van der Waals surface area contributed by atoms with E-state index in [1.54, 1.807) is 0 Å². The number of nitrogens with zero attached hydrogens (tertiary/aromatic N) is 1. The lowest BCUT2D eigenvalue weighted by atomic mass is 10.1. The second-order valence-corrected chi connectivity index (χ2v) is 5.30. The lowest BCUT2D eigenvalue weighted by Gasteiger charge is -2.09. The molecule has 0 atom stereocenters. The normalized spacial score (nSPS) is 12.2. The molecule has 4 nitrogen and oxygen atoms in total. The van der Waals surface area contributed by atoms with E-state index >= 15 is 0 Å². The zero-order valence-corrected chi connectivity index (χ0v) is 12.5. The Kier molecular flexibility index (Phi) is 3.56. The molecule has 2 aromatic carbocycles. The first-order valence-corrected chi connectivity index (χ1v) is 7.53. The van der Waals surface area contributed by atoms with Crippen molar-refractivity contribution in [1.29, 1.82) is 0 Å². The third kappa shape index (κ3) is 2.83. The zero-order chi connectivity index (χ0) is 15.5. The quantitative estimate of drug-likeness (QED) is 0.788. The predicted molar refractivity (Wildman–Crippen MR) is 89.6 cm³/mol. The molecule has 0 fully saturated rings. The summed E-state index contributed by atoms with van der Waals surface area (Å²) in [5, 5.41) is 3.32. The van der Waals surface area contributed by atoms with Crippen molar-refractivity contribution in [1.82, 2.24) is 4.98 Å². The Bertz CT molecular complexity index is 801. The molecule has 0 spiro atoms. The Hall–Kier alpha value is -3.01. The van der Waals surface area contributed by atoms with Gasteiger partial charge in [-0.25, -0.2) is 4.98 Å². The molecule has 0 aliphatic carbocycles. The molecule has 0 bridgehead atoms. The highest BCUT2D eigenvalue weighted by molar-refractivity contribution is 5.63. The second kappa shape index (κ2) is 6.01. The number of para-hydroxylation sites is 1. The molecule has 1 aliphatic rings. The monoisotopic (exact) mass is 304 g/mol. The van der Waals surface area contributed by atoms with E-state index in [9.17, 15) is 0 Å². The summed E-state index contributed by atoms with van der Waals surface area (Å²) in [6.45, 7) is 0.931. The molecule has 3 aromatic rings. The van der Waals surface area contributed by atoms with Crippen LogP contribution < -0.4 is 14.8 Å². The molecule has 0 unspecified atom stereocenters. The fourth-order valence-electron chi connectivity index (χ4n) is 2.62. The van der Waals surface area contributed by atoms with E-state index in [1.165, 1.54) is 0 Å². The van der Waals surface area contributed by atoms with Crippen LogP contribution in [0.4, 0.5) is 5.82 Å². The molecule has 0 saturated carbocycles. The van der Waals surface area contributed by atoms with Gasteiger partial charge in [-0.15, -0.1) is 0 Å². The van der Waals surface area contributed by atoms with Gasteiger partial charge in [-0.3, -0.25) is 0 Å². The average Bonchev–Trinajstić information content (AvgIpc) is 3.10. The Morgan fingerprint density at radius 1 is 0.870 bits per heavy atom. The Labute approximate surface area is 134 Å². The molecule has 0 saturated heterocycles. The zero-order valence-electron chi connectivity index (χ0n) is 12.5. The number of hydrogen-bond acceptors (Lipinski definition) is 4. The van der Waals surface area contributed by atoms with E-state index in [0.717, 1.165) is 34.0 Å². The predicted octanol–water partition coefficient (Wildman–Crippen LogP) is 4.09. The molecule has 0 amide bonds. The molecule has 1 N–H and O–H groups in total. The smallest absolute Gasteiger partial charge is 0.231 e. The minimum Gasteiger partial charge on any atom is -0.454 e. The molecular formula is C19H16N2O2. The standard InChI is InChI=1S/C19H16N2O2/c1-2-5-14(6-3-1)15-9-10-18(20-11-15)21-12-16-7-4-8-17-19(16)23-13-22-17/h1-11H,12-13H2,(H,20,21). The van der Waals surface area contributed by atoms with Crippen LogP contribution in [0.15, 0.2) is 66.9 Å². The minimum absolute atomic E-state index is 0.288. The van der Waals surface area contributed by atoms with Crippen molar-refractivity contribution in [3.8, 4) is 22.6 Å². The van der Waals surface area contributed by atoms with Crippen molar-refractivity contribution in [2.75, 3.05) is 12.1 Å². The third-order valence-electron chi connectivity index (χ3n) is 3.81. The first-order valence-electron chi connectivity index (χ1n) is 7.53. The van der Waals surface area contributed by atoms with Gasteiger partial charge in [-0.2, -0.15) is 0 Å². The van der Waals surface area contributed by atoms with Crippen molar-refractivity contribution < 1.29 is 9.47 Å². The van der Waals surface area contributed by atoms with Gasteiger partial charge in [-0.1, -0.05) is 42.5 Å². The van der Waals surface area contributed by atoms with Crippen LogP contribution in [0.2, 0.25) is 0 Å².